The molecule has 4 nitrogen and oxygen atoms in total. The molecule has 1 aliphatic rings. The van der Waals surface area contributed by atoms with Gasteiger partial charge in [0.25, 0.3) is 11.1 Å². The van der Waals surface area contributed by atoms with E-state index in [-0.39, 0.29) is 11.1 Å². The minimum atomic E-state index is -0.321. The molecule has 0 unspecified atom stereocenters. The van der Waals surface area contributed by atoms with Crippen LogP contribution in [0, 0.1) is 0 Å². The zero-order valence-corrected chi connectivity index (χ0v) is 15.5. The molecule has 0 saturated carbocycles. The molecular weight excluding hydrogens is 390 g/mol. The van der Waals surface area contributed by atoms with Gasteiger partial charge < -0.3 is 4.42 Å². The van der Waals surface area contributed by atoms with Gasteiger partial charge in [-0.1, -0.05) is 25.5 Å². The zero-order valence-electron chi connectivity index (χ0n) is 13.1. The molecular formula is C18H16BrNO3S. The molecule has 0 aliphatic carbocycles. The zero-order chi connectivity index (χ0) is 17.1. The lowest BCUT2D eigenvalue weighted by atomic mass is 10.1. The average molecular weight is 406 g/mol. The van der Waals surface area contributed by atoms with Gasteiger partial charge in [0, 0.05) is 6.08 Å². The molecule has 24 heavy (non-hydrogen) atoms. The van der Waals surface area contributed by atoms with E-state index in [2.05, 4.69) is 22.9 Å². The molecule has 0 atom stereocenters. The number of halogens is 1. The molecule has 1 aromatic heterocycles. The van der Waals surface area contributed by atoms with Gasteiger partial charge >= 0.3 is 0 Å². The number of anilines is 1. The number of furan rings is 1. The average Bonchev–Trinajstić information content (AvgIpc) is 3.10. The van der Waals surface area contributed by atoms with Crippen molar-refractivity contribution in [3.05, 3.63) is 57.3 Å². The highest BCUT2D eigenvalue weighted by molar-refractivity contribution is 9.10. The van der Waals surface area contributed by atoms with E-state index in [0.29, 0.717) is 21.0 Å². The molecule has 0 radical (unpaired) electrons. The van der Waals surface area contributed by atoms with Crippen LogP contribution < -0.4 is 4.90 Å². The number of unbranched alkanes of at least 4 members (excludes halogenated alkanes) is 1. The minimum Gasteiger partial charge on any atom is -0.450 e. The van der Waals surface area contributed by atoms with Crippen LogP contribution in [0.25, 0.3) is 6.08 Å². The van der Waals surface area contributed by atoms with E-state index in [0.717, 1.165) is 31.0 Å². The Kier molecular flexibility index (Phi) is 5.26. The topological polar surface area (TPSA) is 50.5 Å². The summed E-state index contributed by atoms with van der Waals surface area (Å²) in [7, 11) is 0. The maximum atomic E-state index is 12.5. The number of benzene rings is 1. The molecule has 1 aliphatic heterocycles. The minimum absolute atomic E-state index is 0.293. The second kappa shape index (κ2) is 7.40. The van der Waals surface area contributed by atoms with Gasteiger partial charge in [0.1, 0.15) is 5.76 Å². The Bertz CT molecular complexity index is 795. The van der Waals surface area contributed by atoms with E-state index in [9.17, 15) is 9.59 Å². The maximum absolute atomic E-state index is 12.5. The first-order valence-electron chi connectivity index (χ1n) is 7.70. The summed E-state index contributed by atoms with van der Waals surface area (Å²) in [5.41, 5.74) is 1.81. The van der Waals surface area contributed by atoms with Crippen LogP contribution in [0.2, 0.25) is 0 Å². The molecule has 0 spiro atoms. The molecule has 124 valence electrons. The van der Waals surface area contributed by atoms with Crippen molar-refractivity contribution in [3.8, 4) is 0 Å². The van der Waals surface area contributed by atoms with Crippen LogP contribution in [-0.4, -0.2) is 11.1 Å². The van der Waals surface area contributed by atoms with Gasteiger partial charge in [-0.15, -0.1) is 0 Å². The summed E-state index contributed by atoms with van der Waals surface area (Å²) < 4.78 is 5.95. The number of amides is 2. The number of thioether (sulfide) groups is 1. The fourth-order valence-corrected chi connectivity index (χ4v) is 3.56. The van der Waals surface area contributed by atoms with Crippen molar-refractivity contribution < 1.29 is 14.0 Å². The Morgan fingerprint density at radius 3 is 2.54 bits per heavy atom. The van der Waals surface area contributed by atoms with E-state index < -0.39 is 0 Å². The lowest BCUT2D eigenvalue weighted by Crippen LogP contribution is -2.27. The van der Waals surface area contributed by atoms with Crippen molar-refractivity contribution in [2.45, 2.75) is 26.2 Å². The standard InChI is InChI=1S/C18H16BrNO3S/c1-2-3-4-12-5-7-13(8-6-12)20-17(21)15(24-18(20)22)11-14-9-10-16(19)23-14/h5-11H,2-4H2,1H3/b15-11+. The summed E-state index contributed by atoms with van der Waals surface area (Å²) in [6.07, 6.45) is 4.86. The van der Waals surface area contributed by atoms with Gasteiger partial charge in [-0.05, 0) is 70.4 Å². The highest BCUT2D eigenvalue weighted by Gasteiger charge is 2.36. The summed E-state index contributed by atoms with van der Waals surface area (Å²) in [5, 5.41) is -0.293. The molecule has 3 rings (SSSR count). The number of aryl methyl sites for hydroxylation is 1. The highest BCUT2D eigenvalue weighted by Crippen LogP contribution is 2.36. The largest absolute Gasteiger partial charge is 0.450 e. The smallest absolute Gasteiger partial charge is 0.298 e. The maximum Gasteiger partial charge on any atom is 0.298 e. The van der Waals surface area contributed by atoms with Gasteiger partial charge in [0.2, 0.25) is 0 Å². The number of hydrogen-bond donors (Lipinski definition) is 0. The van der Waals surface area contributed by atoms with E-state index >= 15 is 0 Å². The van der Waals surface area contributed by atoms with Crippen LogP contribution in [0.3, 0.4) is 0 Å². The van der Waals surface area contributed by atoms with Crippen molar-refractivity contribution in [2.24, 2.45) is 0 Å². The van der Waals surface area contributed by atoms with E-state index in [1.54, 1.807) is 18.2 Å². The predicted molar refractivity (Wildman–Crippen MR) is 99.9 cm³/mol. The predicted octanol–water partition coefficient (Wildman–Crippen LogP) is 5.63. The Balaban J connectivity index is 1.80. The van der Waals surface area contributed by atoms with Gasteiger partial charge in [-0.25, -0.2) is 4.90 Å². The molecule has 1 fully saturated rings. The summed E-state index contributed by atoms with van der Waals surface area (Å²) in [6, 6.07) is 11.1. The second-order valence-corrected chi connectivity index (χ2v) is 7.20. The lowest BCUT2D eigenvalue weighted by molar-refractivity contribution is -0.113. The van der Waals surface area contributed by atoms with Crippen LogP contribution in [0.15, 0.2) is 50.4 Å². The lowest BCUT2D eigenvalue weighted by Gasteiger charge is -2.13. The van der Waals surface area contributed by atoms with Crippen LogP contribution >= 0.6 is 27.7 Å². The fraction of sp³-hybridized carbons (Fsp3) is 0.222. The van der Waals surface area contributed by atoms with Crippen LogP contribution in [0.1, 0.15) is 31.1 Å². The van der Waals surface area contributed by atoms with Crippen LogP contribution in [-0.2, 0) is 11.2 Å². The SMILES string of the molecule is CCCCc1ccc(N2C(=O)S/C(=C/c3ccc(Br)o3)C2=O)cc1. The third kappa shape index (κ3) is 3.65. The fourth-order valence-electron chi connectivity index (χ4n) is 2.42. The first-order chi connectivity index (χ1) is 11.6. The van der Waals surface area contributed by atoms with Gasteiger partial charge in [-0.3, -0.25) is 9.59 Å². The van der Waals surface area contributed by atoms with Gasteiger partial charge in [0.15, 0.2) is 4.67 Å². The number of nitrogens with zero attached hydrogens (tertiary/aromatic N) is 1. The van der Waals surface area contributed by atoms with E-state index in [4.69, 9.17) is 4.42 Å². The number of hydrogen-bond acceptors (Lipinski definition) is 4. The molecule has 2 heterocycles. The van der Waals surface area contributed by atoms with E-state index in [1.165, 1.54) is 10.5 Å². The monoisotopic (exact) mass is 405 g/mol. The van der Waals surface area contributed by atoms with Crippen molar-refractivity contribution in [1.82, 2.24) is 0 Å². The molecule has 6 heteroatoms. The Morgan fingerprint density at radius 2 is 1.92 bits per heavy atom. The van der Waals surface area contributed by atoms with Crippen molar-refractivity contribution in [1.29, 1.82) is 0 Å². The quantitative estimate of drug-likeness (QED) is 0.605. The molecule has 1 saturated heterocycles. The number of carbonyl (C=O) groups excluding carboxylic acids is 2. The number of rotatable bonds is 5. The number of carbonyl (C=O) groups is 2. The first kappa shape index (κ1) is 17.0. The third-order valence-electron chi connectivity index (χ3n) is 3.67. The highest BCUT2D eigenvalue weighted by atomic mass is 79.9. The van der Waals surface area contributed by atoms with E-state index in [1.807, 2.05) is 24.3 Å². The molecule has 0 bridgehead atoms. The Morgan fingerprint density at radius 1 is 1.17 bits per heavy atom. The normalized spacial score (nSPS) is 16.4. The molecule has 2 amide bonds. The van der Waals surface area contributed by atoms with Crippen LogP contribution in [0.5, 0.6) is 0 Å². The molecule has 1 aromatic carbocycles. The first-order valence-corrected chi connectivity index (χ1v) is 9.31. The Hall–Kier alpha value is -1.79. The van der Waals surface area contributed by atoms with Crippen LogP contribution in [0.4, 0.5) is 10.5 Å². The summed E-state index contributed by atoms with van der Waals surface area (Å²) in [6.45, 7) is 2.15. The summed E-state index contributed by atoms with van der Waals surface area (Å²) >= 11 is 4.14. The van der Waals surface area contributed by atoms with Gasteiger partial charge in [-0.2, -0.15) is 0 Å². The van der Waals surface area contributed by atoms with Crippen molar-refractivity contribution in [3.63, 3.8) is 0 Å². The number of imide groups is 1. The summed E-state index contributed by atoms with van der Waals surface area (Å²) in [5.74, 6) is 0.209. The summed E-state index contributed by atoms with van der Waals surface area (Å²) in [4.78, 5) is 26.3. The molecule has 0 N–H and O–H groups in total. The van der Waals surface area contributed by atoms with Crippen molar-refractivity contribution in [2.75, 3.05) is 4.90 Å². The van der Waals surface area contributed by atoms with Gasteiger partial charge in [0.05, 0.1) is 10.6 Å². The second-order valence-electron chi connectivity index (χ2n) is 5.43. The molecule has 2 aromatic rings. The third-order valence-corrected chi connectivity index (χ3v) is 4.97. The van der Waals surface area contributed by atoms with Crippen molar-refractivity contribution >= 4 is 50.6 Å². The Labute approximate surface area is 153 Å².